The third-order valence-electron chi connectivity index (χ3n) is 4.15. The molecule has 0 unspecified atom stereocenters. The Balaban J connectivity index is 2.21. The number of anilines is 1. The maximum absolute atomic E-state index is 13.3. The summed E-state index contributed by atoms with van der Waals surface area (Å²) in [5, 5.41) is 12.4. The van der Waals surface area contributed by atoms with E-state index in [-0.39, 0.29) is 16.3 Å². The van der Waals surface area contributed by atoms with Gasteiger partial charge in [0.2, 0.25) is 0 Å². The Bertz CT molecular complexity index is 1150. The van der Waals surface area contributed by atoms with Crippen LogP contribution in [0, 0.1) is 10.1 Å². The molecule has 0 radical (unpaired) electrons. The maximum atomic E-state index is 13.3. The number of nitro groups is 1. The number of hydrogen-bond donors (Lipinski definition) is 0. The highest BCUT2D eigenvalue weighted by Gasteiger charge is 2.29. The molecule has 0 aromatic heterocycles. The summed E-state index contributed by atoms with van der Waals surface area (Å²) in [4.78, 5) is 22.0. The van der Waals surface area contributed by atoms with Gasteiger partial charge in [0.15, 0.2) is 0 Å². The highest BCUT2D eigenvalue weighted by atomic mass is 32.2. The van der Waals surface area contributed by atoms with Crippen LogP contribution in [0.1, 0.15) is 0 Å². The summed E-state index contributed by atoms with van der Waals surface area (Å²) < 4.78 is 32.2. The van der Waals surface area contributed by atoms with Crippen LogP contribution in [-0.4, -0.2) is 33.0 Å². The quantitative estimate of drug-likeness (QED) is 0.357. The average molecular weight is 400 g/mol. The van der Waals surface area contributed by atoms with E-state index in [9.17, 15) is 23.3 Å². The highest BCUT2D eigenvalue weighted by molar-refractivity contribution is 7.92. The largest absolute Gasteiger partial charge is 0.468 e. The van der Waals surface area contributed by atoms with E-state index < -0.39 is 27.5 Å². The SMILES string of the molecule is COC(=O)CN(c1cccc2ccccc12)S(=O)(=O)c1cccc([N+](=O)[O-])c1. The van der Waals surface area contributed by atoms with Crippen molar-refractivity contribution in [3.8, 4) is 0 Å². The van der Waals surface area contributed by atoms with Crippen LogP contribution in [0.25, 0.3) is 10.8 Å². The molecule has 0 aliphatic rings. The fourth-order valence-electron chi connectivity index (χ4n) is 2.79. The molecule has 144 valence electrons. The van der Waals surface area contributed by atoms with E-state index in [1.54, 1.807) is 24.3 Å². The molecule has 0 heterocycles. The first kappa shape index (κ1) is 19.3. The Kier molecular flexibility index (Phi) is 5.27. The number of fused-ring (bicyclic) bond motifs is 1. The number of ether oxygens (including phenoxy) is 1. The number of carbonyl (C=O) groups excluding carboxylic acids is 1. The number of non-ortho nitro benzene ring substituents is 1. The summed E-state index contributed by atoms with van der Waals surface area (Å²) in [7, 11) is -3.12. The van der Waals surface area contributed by atoms with Crippen LogP contribution < -0.4 is 4.31 Å². The van der Waals surface area contributed by atoms with Crippen LogP contribution in [0.15, 0.2) is 71.6 Å². The number of rotatable bonds is 6. The second kappa shape index (κ2) is 7.65. The van der Waals surface area contributed by atoms with Gasteiger partial charge in [0.1, 0.15) is 6.54 Å². The second-order valence-corrected chi connectivity index (χ2v) is 7.70. The number of benzene rings is 3. The molecule has 0 fully saturated rings. The van der Waals surface area contributed by atoms with Crippen LogP contribution >= 0.6 is 0 Å². The molecule has 28 heavy (non-hydrogen) atoms. The molecule has 0 aliphatic heterocycles. The average Bonchev–Trinajstić information content (AvgIpc) is 2.71. The summed E-state index contributed by atoms with van der Waals surface area (Å²) >= 11 is 0. The van der Waals surface area contributed by atoms with E-state index in [2.05, 4.69) is 4.74 Å². The minimum atomic E-state index is -4.28. The van der Waals surface area contributed by atoms with Crippen molar-refractivity contribution in [2.75, 3.05) is 18.0 Å². The number of sulfonamides is 1. The number of hydrogen-bond acceptors (Lipinski definition) is 6. The predicted molar refractivity (Wildman–Crippen MR) is 104 cm³/mol. The predicted octanol–water partition coefficient (Wildman–Crippen LogP) is 3.12. The zero-order valence-corrected chi connectivity index (χ0v) is 15.6. The molecule has 3 aromatic rings. The molecule has 3 aromatic carbocycles. The normalized spacial score (nSPS) is 11.2. The smallest absolute Gasteiger partial charge is 0.326 e. The fraction of sp³-hybridized carbons (Fsp3) is 0.105. The van der Waals surface area contributed by atoms with Crippen molar-refractivity contribution in [3.05, 3.63) is 76.8 Å². The van der Waals surface area contributed by atoms with Gasteiger partial charge in [-0.2, -0.15) is 0 Å². The topological polar surface area (TPSA) is 107 Å². The van der Waals surface area contributed by atoms with Gasteiger partial charge in [-0.1, -0.05) is 42.5 Å². The lowest BCUT2D eigenvalue weighted by atomic mass is 10.1. The molecule has 3 rings (SSSR count). The van der Waals surface area contributed by atoms with Crippen LogP contribution in [0.2, 0.25) is 0 Å². The van der Waals surface area contributed by atoms with E-state index in [1.165, 1.54) is 18.2 Å². The van der Waals surface area contributed by atoms with Crippen molar-refractivity contribution in [3.63, 3.8) is 0 Å². The van der Waals surface area contributed by atoms with E-state index in [1.807, 2.05) is 18.2 Å². The summed E-state index contributed by atoms with van der Waals surface area (Å²) in [5.41, 5.74) is -0.0907. The molecule has 0 amide bonds. The molecule has 9 heteroatoms. The zero-order chi connectivity index (χ0) is 20.3. The van der Waals surface area contributed by atoms with E-state index in [0.29, 0.717) is 5.39 Å². The summed E-state index contributed by atoms with van der Waals surface area (Å²) in [5.74, 6) is -0.762. The Labute approximate surface area is 161 Å². The highest BCUT2D eigenvalue weighted by Crippen LogP contribution is 2.31. The lowest BCUT2D eigenvalue weighted by Crippen LogP contribution is -2.36. The van der Waals surface area contributed by atoms with Crippen LogP contribution in [-0.2, 0) is 19.6 Å². The van der Waals surface area contributed by atoms with Crippen LogP contribution in [0.4, 0.5) is 11.4 Å². The third-order valence-corrected chi connectivity index (χ3v) is 5.91. The van der Waals surface area contributed by atoms with Crippen molar-refractivity contribution in [1.82, 2.24) is 0 Å². The molecular weight excluding hydrogens is 384 g/mol. The first-order valence-corrected chi connectivity index (χ1v) is 9.60. The van der Waals surface area contributed by atoms with Gasteiger partial charge in [-0.05, 0) is 17.5 Å². The van der Waals surface area contributed by atoms with Crippen molar-refractivity contribution >= 4 is 38.1 Å². The maximum Gasteiger partial charge on any atom is 0.326 e. The minimum Gasteiger partial charge on any atom is -0.468 e. The van der Waals surface area contributed by atoms with Gasteiger partial charge in [-0.25, -0.2) is 8.42 Å². The first-order chi connectivity index (χ1) is 13.3. The van der Waals surface area contributed by atoms with E-state index in [4.69, 9.17) is 0 Å². The Hall–Kier alpha value is -3.46. The molecule has 0 atom stereocenters. The first-order valence-electron chi connectivity index (χ1n) is 8.16. The molecule has 0 aliphatic carbocycles. The minimum absolute atomic E-state index is 0.273. The van der Waals surface area contributed by atoms with Gasteiger partial charge in [-0.15, -0.1) is 0 Å². The third kappa shape index (κ3) is 3.65. The van der Waals surface area contributed by atoms with Crippen molar-refractivity contribution in [1.29, 1.82) is 0 Å². The zero-order valence-electron chi connectivity index (χ0n) is 14.8. The summed E-state index contributed by atoms with van der Waals surface area (Å²) in [6, 6.07) is 16.9. The van der Waals surface area contributed by atoms with Crippen LogP contribution in [0.5, 0.6) is 0 Å². The number of methoxy groups -OCH3 is 1. The second-order valence-electron chi connectivity index (χ2n) is 5.84. The molecule has 0 spiro atoms. The van der Waals surface area contributed by atoms with E-state index in [0.717, 1.165) is 22.9 Å². The van der Waals surface area contributed by atoms with Crippen LogP contribution in [0.3, 0.4) is 0 Å². The molecule has 0 bridgehead atoms. The molecule has 0 N–H and O–H groups in total. The lowest BCUT2D eigenvalue weighted by Gasteiger charge is -2.24. The van der Waals surface area contributed by atoms with Crippen molar-refractivity contribution < 1.29 is 22.9 Å². The summed E-state index contributed by atoms with van der Waals surface area (Å²) in [6.07, 6.45) is 0. The number of carbonyl (C=O) groups is 1. The Morgan fingerprint density at radius 3 is 2.46 bits per heavy atom. The van der Waals surface area contributed by atoms with Crippen molar-refractivity contribution in [2.24, 2.45) is 0 Å². The molecule has 8 nitrogen and oxygen atoms in total. The molecule has 0 saturated carbocycles. The number of nitrogens with zero attached hydrogens (tertiary/aromatic N) is 2. The number of nitro benzene ring substituents is 1. The van der Waals surface area contributed by atoms with Gasteiger partial charge in [-0.3, -0.25) is 19.2 Å². The monoisotopic (exact) mass is 400 g/mol. The molecular formula is C19H16N2O6S. The van der Waals surface area contributed by atoms with Gasteiger partial charge >= 0.3 is 5.97 Å². The van der Waals surface area contributed by atoms with E-state index >= 15 is 0 Å². The Morgan fingerprint density at radius 1 is 1.07 bits per heavy atom. The summed E-state index contributed by atoms with van der Waals surface area (Å²) in [6.45, 7) is -0.574. The number of esters is 1. The van der Waals surface area contributed by atoms with Gasteiger partial charge in [0, 0.05) is 17.5 Å². The van der Waals surface area contributed by atoms with Crippen molar-refractivity contribution in [2.45, 2.75) is 4.90 Å². The molecule has 0 saturated heterocycles. The Morgan fingerprint density at radius 2 is 1.75 bits per heavy atom. The lowest BCUT2D eigenvalue weighted by molar-refractivity contribution is -0.385. The fourth-order valence-corrected chi connectivity index (χ4v) is 4.26. The van der Waals surface area contributed by atoms with Gasteiger partial charge < -0.3 is 4.74 Å². The van der Waals surface area contributed by atoms with Gasteiger partial charge in [0.05, 0.1) is 22.6 Å². The standard InChI is InChI=1S/C19H16N2O6S/c1-27-19(22)13-20(18-11-4-7-14-6-2-3-10-17(14)18)28(25,26)16-9-5-8-15(12-16)21(23)24/h2-12H,13H2,1H3. The van der Waals surface area contributed by atoms with Gasteiger partial charge in [0.25, 0.3) is 15.7 Å².